The molecule has 4 nitrogen and oxygen atoms in total. The number of hydrogen-bond donors (Lipinski definition) is 0. The van der Waals surface area contributed by atoms with E-state index in [0.29, 0.717) is 18.5 Å². The number of nitrogens with zero attached hydrogens (tertiary/aromatic N) is 2. The zero-order valence-corrected chi connectivity index (χ0v) is 15.5. The van der Waals surface area contributed by atoms with E-state index in [1.807, 2.05) is 0 Å². The van der Waals surface area contributed by atoms with Gasteiger partial charge in [0, 0.05) is 19.0 Å². The van der Waals surface area contributed by atoms with Crippen molar-refractivity contribution in [1.29, 1.82) is 0 Å². The van der Waals surface area contributed by atoms with Gasteiger partial charge in [0.15, 0.2) is 0 Å². The molecule has 1 saturated carbocycles. The minimum Gasteiger partial charge on any atom is -0.333 e. The van der Waals surface area contributed by atoms with E-state index in [1.165, 1.54) is 6.07 Å². The zero-order chi connectivity index (χ0) is 19.6. The maximum absolute atomic E-state index is 13.0. The van der Waals surface area contributed by atoms with Crippen LogP contribution in [0.3, 0.4) is 0 Å². The molecular formula is C20H25F3N2O2. The topological polar surface area (TPSA) is 40.6 Å². The molecule has 1 unspecified atom stereocenters. The van der Waals surface area contributed by atoms with Crippen molar-refractivity contribution in [2.24, 2.45) is 0 Å². The molecule has 0 radical (unpaired) electrons. The molecule has 2 aliphatic rings. The van der Waals surface area contributed by atoms with Crippen molar-refractivity contribution < 1.29 is 22.8 Å². The second-order valence-corrected chi connectivity index (χ2v) is 7.46. The summed E-state index contributed by atoms with van der Waals surface area (Å²) in [6.07, 6.45) is 0.444. The van der Waals surface area contributed by atoms with E-state index in [0.717, 1.165) is 44.2 Å². The third-order valence-electron chi connectivity index (χ3n) is 5.34. The Morgan fingerprint density at radius 3 is 2.67 bits per heavy atom. The van der Waals surface area contributed by atoms with Gasteiger partial charge < -0.3 is 9.80 Å². The van der Waals surface area contributed by atoms with Crippen LogP contribution in [-0.4, -0.2) is 40.7 Å². The minimum absolute atomic E-state index is 0.0108. The Morgan fingerprint density at radius 1 is 1.26 bits per heavy atom. The van der Waals surface area contributed by atoms with Gasteiger partial charge in [-0.05, 0) is 50.3 Å². The van der Waals surface area contributed by atoms with E-state index < -0.39 is 17.8 Å². The molecule has 2 amide bonds. The number of carbonyl (C=O) groups is 2. The first-order chi connectivity index (χ1) is 12.8. The predicted molar refractivity (Wildman–Crippen MR) is 94.8 cm³/mol. The van der Waals surface area contributed by atoms with Crippen LogP contribution in [0.25, 0.3) is 0 Å². The number of benzene rings is 1. The van der Waals surface area contributed by atoms with Gasteiger partial charge in [-0.15, -0.1) is 0 Å². The number of rotatable bonds is 5. The summed E-state index contributed by atoms with van der Waals surface area (Å²) in [5, 5.41) is 0. The average Bonchev–Trinajstić information content (AvgIpc) is 3.45. The number of likely N-dealkylation sites (tertiary alicyclic amines) is 1. The van der Waals surface area contributed by atoms with Crippen molar-refractivity contribution in [1.82, 2.24) is 9.80 Å². The molecule has 0 spiro atoms. The number of hydrogen-bond acceptors (Lipinski definition) is 2. The van der Waals surface area contributed by atoms with Crippen molar-refractivity contribution in [3.63, 3.8) is 0 Å². The molecule has 2 fully saturated rings. The Bertz CT molecular complexity index is 701. The molecule has 27 heavy (non-hydrogen) atoms. The summed E-state index contributed by atoms with van der Waals surface area (Å²) in [6, 6.07) is 4.74. The summed E-state index contributed by atoms with van der Waals surface area (Å²) in [5.41, 5.74) is -0.245. The molecule has 0 aromatic heterocycles. The highest BCUT2D eigenvalue weighted by Crippen LogP contribution is 2.36. The smallest absolute Gasteiger partial charge is 0.333 e. The first-order valence-electron chi connectivity index (χ1n) is 9.53. The van der Waals surface area contributed by atoms with Gasteiger partial charge in [-0.25, -0.2) is 0 Å². The fourth-order valence-corrected chi connectivity index (χ4v) is 3.67. The summed E-state index contributed by atoms with van der Waals surface area (Å²) >= 11 is 0. The molecular weight excluding hydrogens is 357 g/mol. The van der Waals surface area contributed by atoms with Crippen LogP contribution in [0, 0.1) is 0 Å². The molecule has 0 N–H and O–H groups in total. The predicted octanol–water partition coefficient (Wildman–Crippen LogP) is 4.16. The Kier molecular flexibility index (Phi) is 5.77. The zero-order valence-electron chi connectivity index (χ0n) is 15.5. The van der Waals surface area contributed by atoms with Gasteiger partial charge in [-0.1, -0.05) is 18.6 Å². The van der Waals surface area contributed by atoms with Crippen molar-refractivity contribution in [2.75, 3.05) is 13.1 Å². The first kappa shape index (κ1) is 19.7. The van der Waals surface area contributed by atoms with Crippen molar-refractivity contribution in [3.05, 3.63) is 35.4 Å². The van der Waals surface area contributed by atoms with Crippen LogP contribution in [0.1, 0.15) is 62.6 Å². The fraction of sp³-hybridized carbons (Fsp3) is 0.600. The lowest BCUT2D eigenvalue weighted by Crippen LogP contribution is -2.44. The Balaban J connectivity index is 1.77. The van der Waals surface area contributed by atoms with Crippen molar-refractivity contribution >= 4 is 11.8 Å². The normalized spacial score (nSPS) is 19.6. The number of halogens is 3. The monoisotopic (exact) mass is 382 g/mol. The number of alkyl halides is 3. The summed E-state index contributed by atoms with van der Waals surface area (Å²) < 4.78 is 39.1. The highest BCUT2D eigenvalue weighted by Gasteiger charge is 2.38. The number of amides is 2. The molecule has 1 aliphatic heterocycles. The van der Waals surface area contributed by atoms with Crippen molar-refractivity contribution in [2.45, 2.75) is 63.7 Å². The lowest BCUT2D eigenvalue weighted by atomic mass is 10.0. The summed E-state index contributed by atoms with van der Waals surface area (Å²) in [4.78, 5) is 28.4. The van der Waals surface area contributed by atoms with Gasteiger partial charge in [-0.3, -0.25) is 9.59 Å². The van der Waals surface area contributed by atoms with Crippen LogP contribution in [-0.2, 0) is 15.8 Å². The average molecular weight is 382 g/mol. The van der Waals surface area contributed by atoms with E-state index in [4.69, 9.17) is 0 Å². The highest BCUT2D eigenvalue weighted by molar-refractivity contribution is 5.85. The van der Waals surface area contributed by atoms with E-state index in [1.54, 1.807) is 22.8 Å². The summed E-state index contributed by atoms with van der Waals surface area (Å²) in [7, 11) is 0. The van der Waals surface area contributed by atoms with Crippen LogP contribution in [0.5, 0.6) is 0 Å². The first-order valence-corrected chi connectivity index (χ1v) is 9.53. The Labute approximate surface area is 157 Å². The van der Waals surface area contributed by atoms with Gasteiger partial charge in [0.1, 0.15) is 0 Å². The molecule has 7 heteroatoms. The molecule has 148 valence electrons. The van der Waals surface area contributed by atoms with Gasteiger partial charge in [-0.2, -0.15) is 13.2 Å². The second kappa shape index (κ2) is 7.90. The van der Waals surface area contributed by atoms with Crippen molar-refractivity contribution in [3.8, 4) is 0 Å². The quantitative estimate of drug-likeness (QED) is 0.767. The highest BCUT2D eigenvalue weighted by atomic mass is 19.4. The molecule has 1 aromatic rings. The lowest BCUT2D eigenvalue weighted by Gasteiger charge is -2.32. The number of carbonyl (C=O) groups excluding carboxylic acids is 2. The SMILES string of the molecule is CC(c1cccc(C(F)(F)F)c1)N(C(=O)CN1CCCCCC1=O)C1CC1. The van der Waals surface area contributed by atoms with Crippen LogP contribution in [0.4, 0.5) is 13.2 Å². The van der Waals surface area contributed by atoms with Crippen LogP contribution in [0.15, 0.2) is 24.3 Å². The largest absolute Gasteiger partial charge is 0.416 e. The van der Waals surface area contributed by atoms with Gasteiger partial charge in [0.05, 0.1) is 18.2 Å². The van der Waals surface area contributed by atoms with E-state index in [-0.39, 0.29) is 24.4 Å². The van der Waals surface area contributed by atoms with Gasteiger partial charge in [0.2, 0.25) is 11.8 Å². The lowest BCUT2D eigenvalue weighted by molar-refractivity contribution is -0.142. The van der Waals surface area contributed by atoms with Crippen LogP contribution < -0.4 is 0 Å². The maximum atomic E-state index is 13.0. The van der Waals surface area contributed by atoms with Crippen LogP contribution in [0.2, 0.25) is 0 Å². The summed E-state index contributed by atoms with van der Waals surface area (Å²) in [6.45, 7) is 2.34. The fourth-order valence-electron chi connectivity index (χ4n) is 3.67. The second-order valence-electron chi connectivity index (χ2n) is 7.46. The molecule has 1 aliphatic carbocycles. The van der Waals surface area contributed by atoms with E-state index >= 15 is 0 Å². The van der Waals surface area contributed by atoms with E-state index in [9.17, 15) is 22.8 Å². The molecule has 1 heterocycles. The standard InChI is InChI=1S/C20H25F3N2O2/c1-14(15-6-5-7-16(12-15)20(21,22)23)25(17-9-10-17)19(27)13-24-11-4-2-3-8-18(24)26/h5-7,12,14,17H,2-4,8-11,13H2,1H3. The van der Waals surface area contributed by atoms with Gasteiger partial charge >= 0.3 is 6.18 Å². The minimum atomic E-state index is -4.41. The third kappa shape index (κ3) is 4.82. The maximum Gasteiger partial charge on any atom is 0.416 e. The Morgan fingerprint density at radius 2 is 2.00 bits per heavy atom. The third-order valence-corrected chi connectivity index (χ3v) is 5.34. The van der Waals surface area contributed by atoms with E-state index in [2.05, 4.69) is 0 Å². The molecule has 0 bridgehead atoms. The Hall–Kier alpha value is -2.05. The van der Waals surface area contributed by atoms with Crippen LogP contribution >= 0.6 is 0 Å². The molecule has 3 rings (SSSR count). The molecule has 1 saturated heterocycles. The summed E-state index contributed by atoms with van der Waals surface area (Å²) in [5.74, 6) is -0.194. The molecule has 1 atom stereocenters. The van der Waals surface area contributed by atoms with Gasteiger partial charge in [0.25, 0.3) is 0 Å². The molecule has 1 aromatic carbocycles.